The summed E-state index contributed by atoms with van der Waals surface area (Å²) in [4.78, 5) is 23.7. The monoisotopic (exact) mass is 190 g/mol. The maximum atomic E-state index is 11.3. The van der Waals surface area contributed by atoms with Crippen molar-refractivity contribution in [2.24, 2.45) is 0 Å². The van der Waals surface area contributed by atoms with Crippen LogP contribution in [0.2, 0.25) is 0 Å². The number of aromatic amines is 1. The molecule has 5 heteroatoms. The Morgan fingerprint density at radius 3 is 2.79 bits per heavy atom. The number of hydrogen-bond acceptors (Lipinski definition) is 3. The number of nitrogens with one attached hydrogen (secondary N) is 1. The standard InChI is InChI=1S/C9H6N2O3/c12-9-8-5-7(11(13)14)2-1-6(8)3-4-10-9/h1-5H,(H,10,12). The summed E-state index contributed by atoms with van der Waals surface area (Å²) in [5.74, 6) is 0. The lowest BCUT2D eigenvalue weighted by atomic mass is 10.1. The SMILES string of the molecule is O=c1[nH]ccc2ccc([N+](=O)[O-])cc12. The Labute approximate surface area is 78.1 Å². The van der Waals surface area contributed by atoms with Crippen LogP contribution in [0.3, 0.4) is 0 Å². The van der Waals surface area contributed by atoms with Crippen molar-refractivity contribution in [2.75, 3.05) is 0 Å². The molecule has 1 N–H and O–H groups in total. The van der Waals surface area contributed by atoms with Gasteiger partial charge in [0, 0.05) is 18.3 Å². The third-order valence-electron chi connectivity index (χ3n) is 1.97. The van der Waals surface area contributed by atoms with Gasteiger partial charge in [-0.1, -0.05) is 0 Å². The van der Waals surface area contributed by atoms with E-state index in [2.05, 4.69) is 4.98 Å². The van der Waals surface area contributed by atoms with E-state index in [9.17, 15) is 14.9 Å². The van der Waals surface area contributed by atoms with E-state index in [1.54, 1.807) is 12.1 Å². The Balaban J connectivity index is 2.83. The minimum atomic E-state index is -0.522. The molecule has 2 rings (SSSR count). The van der Waals surface area contributed by atoms with E-state index < -0.39 is 4.92 Å². The van der Waals surface area contributed by atoms with Gasteiger partial charge in [0.15, 0.2) is 0 Å². The predicted octanol–water partition coefficient (Wildman–Crippen LogP) is 1.44. The van der Waals surface area contributed by atoms with Gasteiger partial charge in [-0.15, -0.1) is 0 Å². The minimum absolute atomic E-state index is 0.0748. The lowest BCUT2D eigenvalue weighted by Gasteiger charge is -1.95. The molecule has 0 saturated carbocycles. The molecule has 0 saturated heterocycles. The molecule has 70 valence electrons. The normalized spacial score (nSPS) is 10.3. The van der Waals surface area contributed by atoms with Crippen LogP contribution in [0.4, 0.5) is 5.69 Å². The number of non-ortho nitro benzene ring substituents is 1. The Kier molecular flexibility index (Phi) is 1.78. The van der Waals surface area contributed by atoms with Gasteiger partial charge in [0.05, 0.1) is 10.3 Å². The van der Waals surface area contributed by atoms with Crippen LogP contribution in [-0.2, 0) is 0 Å². The quantitative estimate of drug-likeness (QED) is 0.546. The summed E-state index contributed by atoms with van der Waals surface area (Å²) in [7, 11) is 0. The molecule has 1 heterocycles. The van der Waals surface area contributed by atoms with Gasteiger partial charge in [0.25, 0.3) is 11.2 Å². The molecule has 0 aliphatic heterocycles. The van der Waals surface area contributed by atoms with Crippen molar-refractivity contribution < 1.29 is 4.92 Å². The summed E-state index contributed by atoms with van der Waals surface area (Å²) >= 11 is 0. The Morgan fingerprint density at radius 1 is 1.29 bits per heavy atom. The molecule has 0 aliphatic rings. The number of nitrogens with zero attached hydrogens (tertiary/aromatic N) is 1. The van der Waals surface area contributed by atoms with Crippen LogP contribution in [0.5, 0.6) is 0 Å². The van der Waals surface area contributed by atoms with Gasteiger partial charge in [0.1, 0.15) is 0 Å². The molecule has 1 aromatic heterocycles. The maximum absolute atomic E-state index is 11.3. The molecule has 0 bridgehead atoms. The number of pyridine rings is 1. The fraction of sp³-hybridized carbons (Fsp3) is 0. The van der Waals surface area contributed by atoms with Crippen molar-refractivity contribution in [3.8, 4) is 0 Å². The van der Waals surface area contributed by atoms with E-state index in [-0.39, 0.29) is 11.2 Å². The van der Waals surface area contributed by atoms with Crippen molar-refractivity contribution in [3.05, 3.63) is 50.9 Å². The fourth-order valence-electron chi connectivity index (χ4n) is 1.28. The summed E-state index contributed by atoms with van der Waals surface area (Å²) in [6.45, 7) is 0. The Bertz CT molecular complexity index is 559. The van der Waals surface area contributed by atoms with Crippen LogP contribution in [-0.4, -0.2) is 9.91 Å². The van der Waals surface area contributed by atoms with Crippen molar-refractivity contribution in [2.45, 2.75) is 0 Å². The number of H-pyrrole nitrogens is 1. The van der Waals surface area contributed by atoms with E-state index in [0.29, 0.717) is 10.8 Å². The lowest BCUT2D eigenvalue weighted by Crippen LogP contribution is -2.04. The Hall–Kier alpha value is -2.17. The van der Waals surface area contributed by atoms with E-state index in [0.717, 1.165) is 0 Å². The maximum Gasteiger partial charge on any atom is 0.270 e. The number of fused-ring (bicyclic) bond motifs is 1. The molecule has 5 nitrogen and oxygen atoms in total. The third-order valence-corrected chi connectivity index (χ3v) is 1.97. The minimum Gasteiger partial charge on any atom is -0.329 e. The Morgan fingerprint density at radius 2 is 2.07 bits per heavy atom. The second kappa shape index (κ2) is 2.95. The zero-order chi connectivity index (χ0) is 10.1. The van der Waals surface area contributed by atoms with Crippen LogP contribution in [0.1, 0.15) is 0 Å². The highest BCUT2D eigenvalue weighted by Crippen LogP contribution is 2.16. The first-order valence-corrected chi connectivity index (χ1v) is 3.94. The molecule has 0 aliphatic carbocycles. The molecule has 0 amide bonds. The van der Waals surface area contributed by atoms with Crippen LogP contribution >= 0.6 is 0 Å². The molecule has 14 heavy (non-hydrogen) atoms. The van der Waals surface area contributed by atoms with Gasteiger partial charge in [-0.05, 0) is 17.5 Å². The highest BCUT2D eigenvalue weighted by Gasteiger charge is 2.07. The van der Waals surface area contributed by atoms with E-state index in [1.165, 1.54) is 18.3 Å². The summed E-state index contributed by atoms with van der Waals surface area (Å²) in [6, 6.07) is 5.90. The van der Waals surface area contributed by atoms with Crippen molar-refractivity contribution in [3.63, 3.8) is 0 Å². The van der Waals surface area contributed by atoms with Gasteiger partial charge in [-0.25, -0.2) is 0 Å². The first kappa shape index (κ1) is 8.43. The van der Waals surface area contributed by atoms with Gasteiger partial charge in [0.2, 0.25) is 0 Å². The largest absolute Gasteiger partial charge is 0.329 e. The second-order valence-electron chi connectivity index (χ2n) is 2.84. The van der Waals surface area contributed by atoms with Gasteiger partial charge < -0.3 is 4.98 Å². The third kappa shape index (κ3) is 1.24. The highest BCUT2D eigenvalue weighted by atomic mass is 16.6. The van der Waals surface area contributed by atoms with Gasteiger partial charge >= 0.3 is 0 Å². The van der Waals surface area contributed by atoms with E-state index >= 15 is 0 Å². The highest BCUT2D eigenvalue weighted by molar-refractivity contribution is 5.83. The van der Waals surface area contributed by atoms with Crippen molar-refractivity contribution in [1.82, 2.24) is 4.98 Å². The van der Waals surface area contributed by atoms with Crippen LogP contribution in [0.25, 0.3) is 10.8 Å². The van der Waals surface area contributed by atoms with Crippen LogP contribution < -0.4 is 5.56 Å². The number of hydrogen-bond donors (Lipinski definition) is 1. The molecular weight excluding hydrogens is 184 g/mol. The number of nitro groups is 1. The summed E-state index contributed by atoms with van der Waals surface area (Å²) in [6.07, 6.45) is 1.51. The van der Waals surface area contributed by atoms with E-state index in [4.69, 9.17) is 0 Å². The van der Waals surface area contributed by atoms with Crippen LogP contribution in [0, 0.1) is 10.1 Å². The van der Waals surface area contributed by atoms with Gasteiger partial charge in [-0.3, -0.25) is 14.9 Å². The predicted molar refractivity (Wildman–Crippen MR) is 51.2 cm³/mol. The molecule has 0 spiro atoms. The number of aromatic nitrogens is 1. The average molecular weight is 190 g/mol. The number of nitro benzene ring substituents is 1. The molecule has 0 fully saturated rings. The topological polar surface area (TPSA) is 76.0 Å². The van der Waals surface area contributed by atoms with Crippen molar-refractivity contribution >= 4 is 16.5 Å². The van der Waals surface area contributed by atoms with Crippen molar-refractivity contribution in [1.29, 1.82) is 0 Å². The molecule has 0 radical (unpaired) electrons. The lowest BCUT2D eigenvalue weighted by molar-refractivity contribution is -0.384. The zero-order valence-electron chi connectivity index (χ0n) is 7.06. The molecule has 0 atom stereocenters. The fourth-order valence-corrected chi connectivity index (χ4v) is 1.28. The summed E-state index contributed by atoms with van der Waals surface area (Å²) < 4.78 is 0. The summed E-state index contributed by atoms with van der Waals surface area (Å²) in [5.41, 5.74) is -0.389. The zero-order valence-corrected chi connectivity index (χ0v) is 7.06. The number of benzene rings is 1. The summed E-state index contributed by atoms with van der Waals surface area (Å²) in [5, 5.41) is 11.5. The average Bonchev–Trinajstić information content (AvgIpc) is 2.18. The smallest absolute Gasteiger partial charge is 0.270 e. The second-order valence-corrected chi connectivity index (χ2v) is 2.84. The van der Waals surface area contributed by atoms with Crippen LogP contribution in [0.15, 0.2) is 35.3 Å². The van der Waals surface area contributed by atoms with E-state index in [1.807, 2.05) is 0 Å². The number of rotatable bonds is 1. The van der Waals surface area contributed by atoms with Gasteiger partial charge in [-0.2, -0.15) is 0 Å². The first-order chi connectivity index (χ1) is 6.68. The molecule has 2 aromatic rings. The first-order valence-electron chi connectivity index (χ1n) is 3.94. The molecular formula is C9H6N2O3. The molecule has 1 aromatic carbocycles. The molecule has 0 unspecified atom stereocenters.